The Bertz CT molecular complexity index is 2050. The second kappa shape index (κ2) is 13.9. The van der Waals surface area contributed by atoms with Crippen LogP contribution in [0.15, 0.2) is 94.7 Å². The van der Waals surface area contributed by atoms with Crippen molar-refractivity contribution in [3.63, 3.8) is 0 Å². The van der Waals surface area contributed by atoms with E-state index >= 15 is 0 Å². The SMILES string of the molecule is COc1cc2c(cc1OCCCCCOc1ccc(-n3c(-c4ccccc4)nc4ccc(Cl)cc4c3=O)cc1)N=C[C@@H]1CCCN1C2=O. The molecule has 0 bridgehead atoms. The van der Waals surface area contributed by atoms with Gasteiger partial charge in [0.05, 0.1) is 54.2 Å². The number of halogens is 1. The van der Waals surface area contributed by atoms with Gasteiger partial charge in [-0.05, 0) is 80.6 Å². The first-order valence-corrected chi connectivity index (χ1v) is 16.6. The molecule has 2 aliphatic heterocycles. The summed E-state index contributed by atoms with van der Waals surface area (Å²) in [4.78, 5) is 38.1. The van der Waals surface area contributed by atoms with Gasteiger partial charge in [0.25, 0.3) is 11.5 Å². The molecular formula is C38H35ClN4O5. The van der Waals surface area contributed by atoms with Gasteiger partial charge in [-0.25, -0.2) is 4.98 Å². The molecule has 244 valence electrons. The zero-order valence-electron chi connectivity index (χ0n) is 26.6. The molecule has 1 atom stereocenters. The molecule has 0 N–H and O–H groups in total. The Labute approximate surface area is 283 Å². The van der Waals surface area contributed by atoms with Gasteiger partial charge in [-0.3, -0.25) is 19.1 Å². The molecule has 0 aliphatic carbocycles. The van der Waals surface area contributed by atoms with E-state index in [1.54, 1.807) is 42.0 Å². The number of aliphatic imine (C=N–C) groups is 1. The highest BCUT2D eigenvalue weighted by atomic mass is 35.5. The normalized spacial score (nSPS) is 15.2. The molecule has 9 nitrogen and oxygen atoms in total. The van der Waals surface area contributed by atoms with Crippen LogP contribution in [0.1, 0.15) is 42.5 Å². The average molecular weight is 663 g/mol. The first kappa shape index (κ1) is 31.4. The van der Waals surface area contributed by atoms with Crippen molar-refractivity contribution in [2.24, 2.45) is 4.99 Å². The molecule has 0 unspecified atom stereocenters. The zero-order chi connectivity index (χ0) is 33.0. The minimum Gasteiger partial charge on any atom is -0.494 e. The molecule has 1 amide bonds. The number of hydrogen-bond acceptors (Lipinski definition) is 7. The fraction of sp³-hybridized carbons (Fsp3) is 0.263. The fourth-order valence-corrected chi connectivity index (χ4v) is 6.42. The van der Waals surface area contributed by atoms with Gasteiger partial charge in [0.2, 0.25) is 0 Å². The second-order valence-corrected chi connectivity index (χ2v) is 12.3. The number of aromatic nitrogens is 2. The average Bonchev–Trinajstić information content (AvgIpc) is 3.55. The smallest absolute Gasteiger partial charge is 0.266 e. The summed E-state index contributed by atoms with van der Waals surface area (Å²) in [5, 5.41) is 0.938. The van der Waals surface area contributed by atoms with E-state index in [9.17, 15) is 9.59 Å². The van der Waals surface area contributed by atoms with E-state index < -0.39 is 0 Å². The second-order valence-electron chi connectivity index (χ2n) is 11.9. The van der Waals surface area contributed by atoms with Crippen LogP contribution in [-0.4, -0.2) is 59.5 Å². The van der Waals surface area contributed by atoms with Crippen LogP contribution in [0, 0.1) is 0 Å². The Morgan fingerprint density at radius 1 is 0.875 bits per heavy atom. The Hall–Kier alpha value is -5.15. The van der Waals surface area contributed by atoms with E-state index in [1.165, 1.54) is 0 Å². The molecule has 3 heterocycles. The van der Waals surface area contributed by atoms with E-state index in [0.29, 0.717) is 69.2 Å². The van der Waals surface area contributed by atoms with Gasteiger partial charge in [-0.15, -0.1) is 0 Å². The van der Waals surface area contributed by atoms with Crippen molar-refractivity contribution < 1.29 is 19.0 Å². The molecule has 10 heteroatoms. The number of benzene rings is 4. The van der Waals surface area contributed by atoms with Gasteiger partial charge >= 0.3 is 0 Å². The van der Waals surface area contributed by atoms with Gasteiger partial charge in [-0.2, -0.15) is 0 Å². The number of hydrogen-bond donors (Lipinski definition) is 0. The monoisotopic (exact) mass is 662 g/mol. The van der Waals surface area contributed by atoms with Gasteiger partial charge < -0.3 is 19.1 Å². The van der Waals surface area contributed by atoms with E-state index in [-0.39, 0.29) is 17.5 Å². The summed E-state index contributed by atoms with van der Waals surface area (Å²) in [5.74, 6) is 2.37. The van der Waals surface area contributed by atoms with Crippen molar-refractivity contribution in [2.45, 2.75) is 38.1 Å². The summed E-state index contributed by atoms with van der Waals surface area (Å²) in [6, 6.07) is 25.9. The molecule has 1 aromatic heterocycles. The maximum atomic E-state index is 13.7. The van der Waals surface area contributed by atoms with Crippen LogP contribution in [0.25, 0.3) is 28.0 Å². The highest BCUT2D eigenvalue weighted by Crippen LogP contribution is 2.38. The quantitative estimate of drug-likeness (QED) is 0.135. The van der Waals surface area contributed by atoms with E-state index in [0.717, 1.165) is 44.2 Å². The summed E-state index contributed by atoms with van der Waals surface area (Å²) >= 11 is 6.22. The fourth-order valence-electron chi connectivity index (χ4n) is 6.24. The highest BCUT2D eigenvalue weighted by molar-refractivity contribution is 6.31. The molecular weight excluding hydrogens is 628 g/mol. The predicted molar refractivity (Wildman–Crippen MR) is 188 cm³/mol. The number of unbranched alkanes of at least 4 members (excludes halogenated alkanes) is 2. The summed E-state index contributed by atoms with van der Waals surface area (Å²) in [7, 11) is 1.58. The van der Waals surface area contributed by atoms with Gasteiger partial charge in [0.1, 0.15) is 11.6 Å². The van der Waals surface area contributed by atoms with Gasteiger partial charge in [0.15, 0.2) is 11.5 Å². The Morgan fingerprint density at radius 2 is 1.67 bits per heavy atom. The molecule has 5 aromatic rings. The minimum absolute atomic E-state index is 0.00797. The van der Waals surface area contributed by atoms with Crippen molar-refractivity contribution in [1.29, 1.82) is 0 Å². The number of nitrogens with zero attached hydrogens (tertiary/aromatic N) is 4. The van der Waals surface area contributed by atoms with E-state index in [2.05, 4.69) is 4.99 Å². The number of amides is 1. The van der Waals surface area contributed by atoms with Gasteiger partial charge in [-0.1, -0.05) is 41.9 Å². The molecule has 7 rings (SSSR count). The predicted octanol–water partition coefficient (Wildman–Crippen LogP) is 7.66. The largest absolute Gasteiger partial charge is 0.494 e. The number of ether oxygens (including phenoxy) is 3. The van der Waals surface area contributed by atoms with Crippen LogP contribution in [-0.2, 0) is 0 Å². The molecule has 0 radical (unpaired) electrons. The first-order valence-electron chi connectivity index (χ1n) is 16.2. The third-order valence-electron chi connectivity index (χ3n) is 8.73. The maximum Gasteiger partial charge on any atom is 0.266 e. The maximum absolute atomic E-state index is 13.7. The molecule has 0 spiro atoms. The summed E-state index contributed by atoms with van der Waals surface area (Å²) in [6.07, 6.45) is 6.38. The van der Waals surface area contributed by atoms with Crippen molar-refractivity contribution in [3.05, 3.63) is 106 Å². The lowest BCUT2D eigenvalue weighted by molar-refractivity contribution is 0.0774. The van der Waals surface area contributed by atoms with Crippen LogP contribution < -0.4 is 19.8 Å². The standard InChI is InChI=1S/C38H35ClN4O5/c1-46-34-22-31-33(40-24-28-11-8-18-42(28)37(31)44)23-35(34)48-20-7-3-6-19-47-29-15-13-27(14-16-29)43-36(25-9-4-2-5-10-25)41-32-17-12-26(39)21-30(32)38(43)45/h2,4-5,9-10,12-17,21-24,28H,3,6-8,11,18-20H2,1H3/t28-/m0/s1. The molecule has 4 aromatic carbocycles. The Balaban J connectivity index is 0.952. The third-order valence-corrected chi connectivity index (χ3v) is 8.97. The van der Waals surface area contributed by atoms with Crippen molar-refractivity contribution in [2.75, 3.05) is 26.9 Å². The topological polar surface area (TPSA) is 95.2 Å². The van der Waals surface area contributed by atoms with E-state index in [1.807, 2.05) is 65.7 Å². The molecule has 0 saturated carbocycles. The first-order chi connectivity index (χ1) is 23.5. The minimum atomic E-state index is -0.192. The Kier molecular flexibility index (Phi) is 9.12. The molecule has 1 fully saturated rings. The summed E-state index contributed by atoms with van der Waals surface area (Å²) < 4.78 is 19.2. The number of methoxy groups -OCH3 is 1. The van der Waals surface area contributed by atoms with Crippen molar-refractivity contribution in [1.82, 2.24) is 14.5 Å². The van der Waals surface area contributed by atoms with Crippen molar-refractivity contribution in [3.8, 4) is 34.3 Å². The third kappa shape index (κ3) is 6.38. The van der Waals surface area contributed by atoms with Crippen LogP contribution in [0.2, 0.25) is 5.02 Å². The molecule has 2 aliphatic rings. The van der Waals surface area contributed by atoms with Crippen LogP contribution in [0.4, 0.5) is 5.69 Å². The lowest BCUT2D eigenvalue weighted by Gasteiger charge is -2.20. The Morgan fingerprint density at radius 3 is 2.46 bits per heavy atom. The van der Waals surface area contributed by atoms with Crippen LogP contribution >= 0.6 is 11.6 Å². The zero-order valence-corrected chi connectivity index (χ0v) is 27.4. The van der Waals surface area contributed by atoms with Gasteiger partial charge in [0, 0.05) is 29.4 Å². The molecule has 48 heavy (non-hydrogen) atoms. The molecule has 1 saturated heterocycles. The number of carbonyl (C=O) groups is 1. The van der Waals surface area contributed by atoms with Crippen LogP contribution in [0.3, 0.4) is 0 Å². The number of rotatable bonds is 11. The highest BCUT2D eigenvalue weighted by Gasteiger charge is 2.32. The number of fused-ring (bicyclic) bond motifs is 3. The summed E-state index contributed by atoms with van der Waals surface area (Å²) in [5.41, 5.74) is 3.08. The van der Waals surface area contributed by atoms with E-state index in [4.69, 9.17) is 30.8 Å². The van der Waals surface area contributed by atoms with Crippen LogP contribution in [0.5, 0.6) is 17.2 Å². The lowest BCUT2D eigenvalue weighted by atomic mass is 10.1. The van der Waals surface area contributed by atoms with Crippen molar-refractivity contribution >= 4 is 40.3 Å². The number of carbonyl (C=O) groups excluding carboxylic acids is 1. The lowest BCUT2D eigenvalue weighted by Crippen LogP contribution is -2.35. The summed E-state index contributed by atoms with van der Waals surface area (Å²) in [6.45, 7) is 1.79.